The number of nitrogens with zero attached hydrogens (tertiary/aromatic N) is 4. The molecule has 2 heterocycles. The summed E-state index contributed by atoms with van der Waals surface area (Å²) in [5, 5.41) is 0. The maximum atomic E-state index is 12.8. The number of quaternary nitrogens is 1. The molecule has 0 radical (unpaired) electrons. The van der Waals surface area contributed by atoms with Gasteiger partial charge in [0.05, 0.1) is 13.7 Å². The van der Waals surface area contributed by atoms with Crippen molar-refractivity contribution in [2.45, 2.75) is 26.6 Å². The molecule has 1 unspecified atom stereocenters. The maximum Gasteiger partial charge on any atom is 0.332 e. The summed E-state index contributed by atoms with van der Waals surface area (Å²) in [6, 6.07) is 10.3. The number of hydrogen-bond acceptors (Lipinski definition) is 4. The van der Waals surface area contributed by atoms with E-state index in [1.165, 1.54) is 22.1 Å². The smallest absolute Gasteiger partial charge is 0.332 e. The number of hydrogen-bond donors (Lipinski definition) is 1. The van der Waals surface area contributed by atoms with E-state index in [0.29, 0.717) is 37.5 Å². The molecule has 3 rings (SSSR count). The number of nitrogens with one attached hydrogen (secondary N) is 1. The van der Waals surface area contributed by atoms with E-state index in [0.717, 1.165) is 16.9 Å². The Hall–Kier alpha value is -2.71. The van der Waals surface area contributed by atoms with Gasteiger partial charge in [-0.3, -0.25) is 13.9 Å². The summed E-state index contributed by atoms with van der Waals surface area (Å²) in [4.78, 5) is 31.0. The van der Waals surface area contributed by atoms with Gasteiger partial charge in [-0.15, -0.1) is 0 Å². The lowest BCUT2D eigenvalue weighted by molar-refractivity contribution is -0.908. The van der Waals surface area contributed by atoms with Crippen molar-refractivity contribution in [3.63, 3.8) is 0 Å². The van der Waals surface area contributed by atoms with Crippen LogP contribution in [-0.4, -0.2) is 38.9 Å². The van der Waals surface area contributed by atoms with Crippen molar-refractivity contribution in [1.82, 2.24) is 18.7 Å². The number of imidazole rings is 1. The molecule has 0 fully saturated rings. The van der Waals surface area contributed by atoms with Gasteiger partial charge in [0.15, 0.2) is 17.0 Å². The van der Waals surface area contributed by atoms with E-state index in [-0.39, 0.29) is 11.2 Å². The molecule has 3 aromatic rings. The van der Waals surface area contributed by atoms with Gasteiger partial charge in [-0.05, 0) is 6.92 Å². The summed E-state index contributed by atoms with van der Waals surface area (Å²) in [6.45, 7) is 5.02. The van der Waals surface area contributed by atoms with Gasteiger partial charge in [-0.1, -0.05) is 30.3 Å². The fourth-order valence-corrected chi connectivity index (χ4v) is 3.44. The summed E-state index contributed by atoms with van der Waals surface area (Å²) in [5.41, 5.74) is 1.41. The molecule has 1 atom stereocenters. The Morgan fingerprint density at radius 1 is 1.07 bits per heavy atom. The quantitative estimate of drug-likeness (QED) is 0.539. The number of fused-ring (bicyclic) bond motifs is 1. The third-order valence-corrected chi connectivity index (χ3v) is 4.90. The van der Waals surface area contributed by atoms with Crippen LogP contribution in [0.4, 0.5) is 0 Å². The average Bonchev–Trinajstić information content (AvgIpc) is 3.04. The highest BCUT2D eigenvalue weighted by atomic mass is 16.5. The Kier molecular flexibility index (Phi) is 6.11. The van der Waals surface area contributed by atoms with Crippen LogP contribution in [0.1, 0.15) is 18.3 Å². The van der Waals surface area contributed by atoms with Crippen molar-refractivity contribution < 1.29 is 9.64 Å². The van der Waals surface area contributed by atoms with Gasteiger partial charge in [-0.2, -0.15) is 0 Å². The topological polar surface area (TPSA) is 75.5 Å². The van der Waals surface area contributed by atoms with E-state index in [9.17, 15) is 9.59 Å². The fraction of sp³-hybridized carbons (Fsp3) is 0.450. The average molecular weight is 386 g/mol. The number of aromatic nitrogens is 4. The van der Waals surface area contributed by atoms with Gasteiger partial charge in [0.25, 0.3) is 5.56 Å². The van der Waals surface area contributed by atoms with Gasteiger partial charge in [0.1, 0.15) is 13.1 Å². The minimum Gasteiger partial charge on any atom is -0.380 e. The van der Waals surface area contributed by atoms with Crippen molar-refractivity contribution >= 4 is 11.2 Å². The van der Waals surface area contributed by atoms with Crippen LogP contribution in [0.15, 0.2) is 39.9 Å². The lowest BCUT2D eigenvalue weighted by Crippen LogP contribution is -3.06. The van der Waals surface area contributed by atoms with Gasteiger partial charge in [-0.25, -0.2) is 9.78 Å². The molecule has 8 heteroatoms. The van der Waals surface area contributed by atoms with E-state index < -0.39 is 0 Å². The van der Waals surface area contributed by atoms with Crippen molar-refractivity contribution in [3.8, 4) is 0 Å². The molecule has 0 aliphatic rings. The Bertz CT molecular complexity index is 1070. The molecule has 0 aliphatic carbocycles. The molecule has 0 saturated carbocycles. The predicted molar refractivity (Wildman–Crippen MR) is 107 cm³/mol. The van der Waals surface area contributed by atoms with Crippen molar-refractivity contribution in [3.05, 3.63) is 62.6 Å². The van der Waals surface area contributed by atoms with E-state index in [4.69, 9.17) is 4.74 Å². The van der Waals surface area contributed by atoms with E-state index in [1.807, 2.05) is 29.7 Å². The Morgan fingerprint density at radius 2 is 1.79 bits per heavy atom. The SMILES string of the molecule is CCOCCn1c(C[NH+](C)Cc2ccccc2)nc2c1c(=O)n(C)c(=O)n2C. The first-order valence-corrected chi connectivity index (χ1v) is 9.52. The van der Waals surface area contributed by atoms with Crippen LogP contribution < -0.4 is 16.1 Å². The van der Waals surface area contributed by atoms with Gasteiger partial charge in [0.2, 0.25) is 0 Å². The lowest BCUT2D eigenvalue weighted by Gasteiger charge is -2.15. The second-order valence-electron chi connectivity index (χ2n) is 7.05. The number of ether oxygens (including phenoxy) is 1. The standard InChI is InChI=1S/C20H27N5O3/c1-5-28-12-11-25-16(14-22(2)13-15-9-7-6-8-10-15)21-18-17(25)19(26)24(4)20(27)23(18)3/h6-10H,5,11-14H2,1-4H3/p+1. The molecule has 0 aliphatic heterocycles. The van der Waals surface area contributed by atoms with E-state index in [1.54, 1.807) is 7.05 Å². The zero-order chi connectivity index (χ0) is 20.3. The zero-order valence-corrected chi connectivity index (χ0v) is 16.9. The van der Waals surface area contributed by atoms with Crippen LogP contribution in [0, 0.1) is 0 Å². The minimum atomic E-state index is -0.372. The number of rotatable bonds is 8. The molecule has 0 bridgehead atoms. The molecule has 0 saturated heterocycles. The van der Waals surface area contributed by atoms with Crippen LogP contribution in [0.5, 0.6) is 0 Å². The molecule has 28 heavy (non-hydrogen) atoms. The van der Waals surface area contributed by atoms with E-state index in [2.05, 4.69) is 24.2 Å². The molecule has 150 valence electrons. The Balaban J connectivity index is 2.01. The first-order chi connectivity index (χ1) is 13.4. The van der Waals surface area contributed by atoms with Crippen LogP contribution in [0.2, 0.25) is 0 Å². The van der Waals surface area contributed by atoms with Crippen molar-refractivity contribution in [2.24, 2.45) is 14.1 Å². The van der Waals surface area contributed by atoms with Gasteiger partial charge < -0.3 is 14.2 Å². The number of benzene rings is 1. The summed E-state index contributed by atoms with van der Waals surface area (Å²) in [5.74, 6) is 0.779. The fourth-order valence-electron chi connectivity index (χ4n) is 3.44. The zero-order valence-electron chi connectivity index (χ0n) is 16.9. The molecule has 2 aromatic heterocycles. The molecule has 1 N–H and O–H groups in total. The summed E-state index contributed by atoms with van der Waals surface area (Å²) in [6.07, 6.45) is 0. The molecule has 1 aromatic carbocycles. The predicted octanol–water partition coefficient (Wildman–Crippen LogP) is -0.315. The lowest BCUT2D eigenvalue weighted by atomic mass is 10.2. The second-order valence-corrected chi connectivity index (χ2v) is 7.05. The Labute approximate surface area is 163 Å². The van der Waals surface area contributed by atoms with E-state index >= 15 is 0 Å². The first-order valence-electron chi connectivity index (χ1n) is 9.52. The van der Waals surface area contributed by atoms with Crippen LogP contribution in [0.25, 0.3) is 11.2 Å². The summed E-state index contributed by atoms with van der Waals surface area (Å²) >= 11 is 0. The van der Waals surface area contributed by atoms with Gasteiger partial charge in [0, 0.05) is 32.8 Å². The minimum absolute atomic E-state index is 0.325. The highest BCUT2D eigenvalue weighted by Gasteiger charge is 2.21. The van der Waals surface area contributed by atoms with Crippen LogP contribution >= 0.6 is 0 Å². The summed E-state index contributed by atoms with van der Waals surface area (Å²) < 4.78 is 9.97. The van der Waals surface area contributed by atoms with Crippen LogP contribution in [0.3, 0.4) is 0 Å². The normalized spacial score (nSPS) is 12.6. The summed E-state index contributed by atoms with van der Waals surface area (Å²) in [7, 11) is 5.24. The Morgan fingerprint density at radius 3 is 2.46 bits per heavy atom. The maximum absolute atomic E-state index is 12.8. The third-order valence-electron chi connectivity index (χ3n) is 4.90. The molecule has 0 amide bonds. The van der Waals surface area contributed by atoms with Crippen molar-refractivity contribution in [2.75, 3.05) is 20.3 Å². The molecule has 0 spiro atoms. The van der Waals surface area contributed by atoms with Gasteiger partial charge >= 0.3 is 5.69 Å². The molecule has 8 nitrogen and oxygen atoms in total. The third kappa shape index (κ3) is 3.93. The van der Waals surface area contributed by atoms with Crippen molar-refractivity contribution in [1.29, 1.82) is 0 Å². The molecular weight excluding hydrogens is 358 g/mol. The highest BCUT2D eigenvalue weighted by Crippen LogP contribution is 2.11. The monoisotopic (exact) mass is 386 g/mol. The largest absolute Gasteiger partial charge is 0.380 e. The van der Waals surface area contributed by atoms with Crippen LogP contribution in [-0.2, 0) is 38.5 Å². The second kappa shape index (κ2) is 8.53. The number of aryl methyl sites for hydroxylation is 1. The highest BCUT2D eigenvalue weighted by molar-refractivity contribution is 5.71. The first kappa shape index (κ1) is 20.0. The molecular formula is C20H28N5O3+.